The molecule has 1 aromatic rings. The van der Waals surface area contributed by atoms with Gasteiger partial charge in [0.1, 0.15) is 0 Å². The van der Waals surface area contributed by atoms with Crippen molar-refractivity contribution in [2.75, 3.05) is 6.54 Å². The Kier molecular flexibility index (Phi) is 3.84. The molecule has 0 spiro atoms. The predicted molar refractivity (Wildman–Crippen MR) is 55.1 cm³/mol. The first-order chi connectivity index (χ1) is 6.15. The normalized spacial score (nSPS) is 15.4. The Morgan fingerprint density at radius 2 is 2.31 bits per heavy atom. The van der Waals surface area contributed by atoms with Gasteiger partial charge in [-0.1, -0.05) is 6.92 Å². The minimum absolute atomic E-state index is 0.0519. The molecule has 1 rings (SSSR count). The largest absolute Gasteiger partial charge is 0.388 e. The van der Waals surface area contributed by atoms with Crippen LogP contribution in [0, 0.1) is 5.92 Å². The molecule has 2 unspecified atom stereocenters. The summed E-state index contributed by atoms with van der Waals surface area (Å²) in [5.74, 6) is 0.0519. The van der Waals surface area contributed by atoms with Crippen molar-refractivity contribution in [2.24, 2.45) is 11.7 Å². The van der Waals surface area contributed by atoms with E-state index >= 15 is 0 Å². The highest BCUT2D eigenvalue weighted by Gasteiger charge is 2.14. The zero-order valence-electron chi connectivity index (χ0n) is 7.44. The van der Waals surface area contributed by atoms with E-state index in [4.69, 9.17) is 5.73 Å². The van der Waals surface area contributed by atoms with Crippen molar-refractivity contribution in [3.05, 3.63) is 28.5 Å². The van der Waals surface area contributed by atoms with Crippen molar-refractivity contribution in [1.29, 1.82) is 0 Å². The van der Waals surface area contributed by atoms with Crippen molar-refractivity contribution < 1.29 is 5.11 Å². The first kappa shape index (κ1) is 10.6. The highest BCUT2D eigenvalue weighted by molar-refractivity contribution is 9.10. The Labute approximate surface area is 86.1 Å². The maximum absolute atomic E-state index is 9.77. The zero-order valence-corrected chi connectivity index (χ0v) is 9.03. The SMILES string of the molecule is CC(CN)C(O)c1cncc(Br)c1. The van der Waals surface area contributed by atoms with Crippen LogP contribution in [0.15, 0.2) is 22.9 Å². The van der Waals surface area contributed by atoms with Gasteiger partial charge in [-0.3, -0.25) is 4.98 Å². The third-order valence-electron chi connectivity index (χ3n) is 1.98. The lowest BCUT2D eigenvalue weighted by Gasteiger charge is -2.16. The fraction of sp³-hybridized carbons (Fsp3) is 0.444. The molecule has 0 radical (unpaired) electrons. The van der Waals surface area contributed by atoms with Gasteiger partial charge in [0.15, 0.2) is 0 Å². The summed E-state index contributed by atoms with van der Waals surface area (Å²) in [5.41, 5.74) is 6.25. The average molecular weight is 245 g/mol. The van der Waals surface area contributed by atoms with Gasteiger partial charge in [-0.15, -0.1) is 0 Å². The van der Waals surface area contributed by atoms with Crippen molar-refractivity contribution in [1.82, 2.24) is 4.98 Å². The Morgan fingerprint density at radius 1 is 1.62 bits per heavy atom. The van der Waals surface area contributed by atoms with Gasteiger partial charge in [-0.2, -0.15) is 0 Å². The van der Waals surface area contributed by atoms with Gasteiger partial charge in [0, 0.05) is 22.4 Å². The summed E-state index contributed by atoms with van der Waals surface area (Å²) in [4.78, 5) is 3.97. The summed E-state index contributed by atoms with van der Waals surface area (Å²) in [6.45, 7) is 2.37. The molecular weight excluding hydrogens is 232 g/mol. The number of nitrogens with zero attached hydrogens (tertiary/aromatic N) is 1. The van der Waals surface area contributed by atoms with E-state index in [1.165, 1.54) is 0 Å². The number of pyridine rings is 1. The van der Waals surface area contributed by atoms with E-state index in [-0.39, 0.29) is 5.92 Å². The van der Waals surface area contributed by atoms with E-state index in [1.54, 1.807) is 12.4 Å². The number of nitrogens with two attached hydrogens (primary N) is 1. The number of aromatic nitrogens is 1. The molecule has 1 aromatic heterocycles. The van der Waals surface area contributed by atoms with Gasteiger partial charge in [0.25, 0.3) is 0 Å². The molecule has 0 saturated carbocycles. The van der Waals surface area contributed by atoms with Crippen LogP contribution < -0.4 is 5.73 Å². The number of halogens is 1. The summed E-state index contributed by atoms with van der Waals surface area (Å²) < 4.78 is 0.869. The summed E-state index contributed by atoms with van der Waals surface area (Å²) in [5, 5.41) is 9.77. The van der Waals surface area contributed by atoms with Crippen molar-refractivity contribution in [3.8, 4) is 0 Å². The van der Waals surface area contributed by atoms with Crippen LogP contribution in [-0.4, -0.2) is 16.6 Å². The van der Waals surface area contributed by atoms with Crippen LogP contribution in [0.4, 0.5) is 0 Å². The molecule has 0 amide bonds. The number of aliphatic hydroxyl groups is 1. The first-order valence-corrected chi connectivity index (χ1v) is 4.93. The van der Waals surface area contributed by atoms with Crippen LogP contribution in [0.25, 0.3) is 0 Å². The van der Waals surface area contributed by atoms with E-state index < -0.39 is 6.10 Å². The highest BCUT2D eigenvalue weighted by atomic mass is 79.9. The number of rotatable bonds is 3. The molecule has 13 heavy (non-hydrogen) atoms. The summed E-state index contributed by atoms with van der Waals surface area (Å²) in [6.07, 6.45) is 2.81. The van der Waals surface area contributed by atoms with E-state index in [2.05, 4.69) is 20.9 Å². The summed E-state index contributed by atoms with van der Waals surface area (Å²) in [6, 6.07) is 1.85. The van der Waals surface area contributed by atoms with Crippen LogP contribution in [0.2, 0.25) is 0 Å². The standard InChI is InChI=1S/C9H13BrN2O/c1-6(3-11)9(13)7-2-8(10)5-12-4-7/h2,4-6,9,13H,3,11H2,1H3. The smallest absolute Gasteiger partial charge is 0.0842 e. The lowest BCUT2D eigenvalue weighted by Crippen LogP contribution is -2.18. The third kappa shape index (κ3) is 2.76. The minimum atomic E-state index is -0.532. The van der Waals surface area contributed by atoms with Crippen LogP contribution in [-0.2, 0) is 0 Å². The molecule has 3 N–H and O–H groups in total. The van der Waals surface area contributed by atoms with Gasteiger partial charge in [0.05, 0.1) is 6.10 Å². The highest BCUT2D eigenvalue weighted by Crippen LogP contribution is 2.22. The lowest BCUT2D eigenvalue weighted by molar-refractivity contribution is 0.121. The molecule has 72 valence electrons. The Balaban J connectivity index is 2.82. The second-order valence-corrected chi connectivity index (χ2v) is 4.01. The van der Waals surface area contributed by atoms with Gasteiger partial charge in [0.2, 0.25) is 0 Å². The summed E-state index contributed by atoms with van der Waals surface area (Å²) in [7, 11) is 0. The molecule has 0 saturated heterocycles. The third-order valence-corrected chi connectivity index (χ3v) is 2.41. The monoisotopic (exact) mass is 244 g/mol. The Hall–Kier alpha value is -0.450. The molecule has 0 aliphatic rings. The molecule has 0 bridgehead atoms. The van der Waals surface area contributed by atoms with Crippen molar-refractivity contribution in [3.63, 3.8) is 0 Å². The molecule has 4 heteroatoms. The van der Waals surface area contributed by atoms with Crippen LogP contribution in [0.3, 0.4) is 0 Å². The Bertz CT molecular complexity index is 280. The molecule has 1 heterocycles. The number of aliphatic hydroxyl groups excluding tert-OH is 1. The maximum atomic E-state index is 9.77. The fourth-order valence-corrected chi connectivity index (χ4v) is 1.43. The zero-order chi connectivity index (χ0) is 9.84. The Morgan fingerprint density at radius 3 is 2.85 bits per heavy atom. The topological polar surface area (TPSA) is 59.1 Å². The van der Waals surface area contributed by atoms with E-state index in [0.29, 0.717) is 6.54 Å². The second-order valence-electron chi connectivity index (χ2n) is 3.09. The molecule has 3 nitrogen and oxygen atoms in total. The first-order valence-electron chi connectivity index (χ1n) is 4.13. The van der Waals surface area contributed by atoms with Gasteiger partial charge in [-0.05, 0) is 34.5 Å². The molecule has 0 fully saturated rings. The average Bonchev–Trinajstić information content (AvgIpc) is 2.15. The fourth-order valence-electron chi connectivity index (χ4n) is 1.05. The van der Waals surface area contributed by atoms with Gasteiger partial charge >= 0.3 is 0 Å². The maximum Gasteiger partial charge on any atom is 0.0842 e. The molecular formula is C9H13BrN2O. The van der Waals surface area contributed by atoms with Crippen LogP contribution in [0.5, 0.6) is 0 Å². The van der Waals surface area contributed by atoms with Crippen molar-refractivity contribution in [2.45, 2.75) is 13.0 Å². The lowest BCUT2D eigenvalue weighted by atomic mass is 9.99. The van der Waals surface area contributed by atoms with Crippen LogP contribution >= 0.6 is 15.9 Å². The van der Waals surface area contributed by atoms with E-state index in [1.807, 2.05) is 13.0 Å². The number of hydrogen-bond acceptors (Lipinski definition) is 3. The van der Waals surface area contributed by atoms with Crippen LogP contribution in [0.1, 0.15) is 18.6 Å². The quantitative estimate of drug-likeness (QED) is 0.847. The van der Waals surface area contributed by atoms with E-state index in [0.717, 1.165) is 10.0 Å². The van der Waals surface area contributed by atoms with E-state index in [9.17, 15) is 5.11 Å². The molecule has 2 atom stereocenters. The minimum Gasteiger partial charge on any atom is -0.388 e. The van der Waals surface area contributed by atoms with Crippen molar-refractivity contribution >= 4 is 15.9 Å². The predicted octanol–water partition coefficient (Wildman–Crippen LogP) is 1.47. The van der Waals surface area contributed by atoms with Gasteiger partial charge in [-0.25, -0.2) is 0 Å². The summed E-state index contributed by atoms with van der Waals surface area (Å²) >= 11 is 3.30. The second kappa shape index (κ2) is 4.69. The molecule has 0 aliphatic carbocycles. The molecule has 0 aliphatic heterocycles. The van der Waals surface area contributed by atoms with Gasteiger partial charge < -0.3 is 10.8 Å². The number of hydrogen-bond donors (Lipinski definition) is 2. The molecule has 0 aromatic carbocycles.